The van der Waals surface area contributed by atoms with Crippen LogP contribution in [0.1, 0.15) is 39.5 Å². The quantitative estimate of drug-likeness (QED) is 0.583. The van der Waals surface area contributed by atoms with Crippen molar-refractivity contribution in [2.75, 3.05) is 26.3 Å². The standard InChI is InChI=1S/C14H28N2O2/c1-11(2)8-13(9-15)14(17)16-6-3-7-18-10-12-4-5-12/h11-13H,3-10,15H2,1-2H3,(H,16,17). The molecular weight excluding hydrogens is 228 g/mol. The summed E-state index contributed by atoms with van der Waals surface area (Å²) in [5.41, 5.74) is 5.63. The average molecular weight is 256 g/mol. The van der Waals surface area contributed by atoms with Gasteiger partial charge in [-0.15, -0.1) is 0 Å². The Morgan fingerprint density at radius 3 is 2.72 bits per heavy atom. The molecular formula is C14H28N2O2. The van der Waals surface area contributed by atoms with Crippen LogP contribution < -0.4 is 11.1 Å². The number of carbonyl (C=O) groups is 1. The van der Waals surface area contributed by atoms with Crippen molar-refractivity contribution in [1.82, 2.24) is 5.32 Å². The molecule has 0 aromatic rings. The van der Waals surface area contributed by atoms with Crippen LogP contribution in [0.2, 0.25) is 0 Å². The number of ether oxygens (including phenoxy) is 1. The minimum atomic E-state index is -0.0441. The number of hydrogen-bond acceptors (Lipinski definition) is 3. The summed E-state index contributed by atoms with van der Waals surface area (Å²) < 4.78 is 5.51. The highest BCUT2D eigenvalue weighted by Gasteiger charge is 2.21. The van der Waals surface area contributed by atoms with Crippen LogP contribution in [0.4, 0.5) is 0 Å². The maximum Gasteiger partial charge on any atom is 0.224 e. The number of hydrogen-bond donors (Lipinski definition) is 2. The fraction of sp³-hybridized carbons (Fsp3) is 0.929. The first-order valence-electron chi connectivity index (χ1n) is 7.19. The van der Waals surface area contributed by atoms with E-state index >= 15 is 0 Å². The van der Waals surface area contributed by atoms with E-state index in [1.807, 2.05) is 0 Å². The SMILES string of the molecule is CC(C)CC(CN)C(=O)NCCCOCC1CC1. The highest BCUT2D eigenvalue weighted by Crippen LogP contribution is 2.28. The first kappa shape index (κ1) is 15.4. The molecule has 106 valence electrons. The maximum atomic E-state index is 11.8. The predicted molar refractivity (Wildman–Crippen MR) is 73.2 cm³/mol. The molecule has 0 aromatic carbocycles. The molecule has 1 unspecified atom stereocenters. The summed E-state index contributed by atoms with van der Waals surface area (Å²) in [7, 11) is 0. The zero-order chi connectivity index (χ0) is 13.4. The first-order chi connectivity index (χ1) is 8.63. The van der Waals surface area contributed by atoms with E-state index in [1.54, 1.807) is 0 Å². The molecule has 4 nitrogen and oxygen atoms in total. The molecule has 0 saturated heterocycles. The first-order valence-corrected chi connectivity index (χ1v) is 7.19. The molecule has 0 bridgehead atoms. The number of rotatable bonds is 10. The summed E-state index contributed by atoms with van der Waals surface area (Å²) in [4.78, 5) is 11.8. The predicted octanol–water partition coefficient (Wildman–Crippen LogP) is 1.54. The van der Waals surface area contributed by atoms with Gasteiger partial charge in [-0.1, -0.05) is 13.8 Å². The van der Waals surface area contributed by atoms with Crippen molar-refractivity contribution in [3.8, 4) is 0 Å². The Bertz CT molecular complexity index is 240. The van der Waals surface area contributed by atoms with Gasteiger partial charge in [-0.05, 0) is 37.5 Å². The normalized spacial score (nSPS) is 16.9. The molecule has 0 aliphatic heterocycles. The van der Waals surface area contributed by atoms with Gasteiger partial charge in [0.2, 0.25) is 5.91 Å². The molecule has 4 heteroatoms. The van der Waals surface area contributed by atoms with Crippen LogP contribution in [0.15, 0.2) is 0 Å². The second-order valence-electron chi connectivity index (χ2n) is 5.73. The molecule has 3 N–H and O–H groups in total. The summed E-state index contributed by atoms with van der Waals surface area (Å²) in [5, 5.41) is 2.94. The molecule has 0 aromatic heterocycles. The Morgan fingerprint density at radius 2 is 2.17 bits per heavy atom. The second kappa shape index (κ2) is 8.48. The lowest BCUT2D eigenvalue weighted by atomic mass is 9.96. The van der Waals surface area contributed by atoms with Gasteiger partial charge in [-0.3, -0.25) is 4.79 Å². The summed E-state index contributed by atoms with van der Waals surface area (Å²) in [6.07, 6.45) is 4.40. The van der Waals surface area contributed by atoms with Crippen LogP contribution >= 0.6 is 0 Å². The van der Waals surface area contributed by atoms with Crippen molar-refractivity contribution >= 4 is 5.91 Å². The van der Waals surface area contributed by atoms with E-state index in [2.05, 4.69) is 19.2 Å². The van der Waals surface area contributed by atoms with Crippen molar-refractivity contribution in [2.45, 2.75) is 39.5 Å². The fourth-order valence-corrected chi connectivity index (χ4v) is 1.94. The number of carbonyl (C=O) groups excluding carboxylic acids is 1. The molecule has 0 radical (unpaired) electrons. The van der Waals surface area contributed by atoms with Crippen LogP contribution in [0.5, 0.6) is 0 Å². The largest absolute Gasteiger partial charge is 0.381 e. The number of nitrogens with one attached hydrogen (secondary N) is 1. The number of amides is 1. The zero-order valence-corrected chi connectivity index (χ0v) is 11.8. The van der Waals surface area contributed by atoms with Crippen molar-refractivity contribution in [3.05, 3.63) is 0 Å². The molecule has 1 fully saturated rings. The Labute approximate surface area is 111 Å². The molecule has 1 saturated carbocycles. The summed E-state index contributed by atoms with van der Waals surface area (Å²) in [6, 6.07) is 0. The third-order valence-corrected chi connectivity index (χ3v) is 3.23. The highest BCUT2D eigenvalue weighted by molar-refractivity contribution is 5.78. The Balaban J connectivity index is 1.99. The van der Waals surface area contributed by atoms with E-state index in [0.717, 1.165) is 32.0 Å². The van der Waals surface area contributed by atoms with Crippen molar-refractivity contribution < 1.29 is 9.53 Å². The van der Waals surface area contributed by atoms with Gasteiger partial charge >= 0.3 is 0 Å². The highest BCUT2D eigenvalue weighted by atomic mass is 16.5. The minimum absolute atomic E-state index is 0.0441. The lowest BCUT2D eigenvalue weighted by Gasteiger charge is -2.16. The van der Waals surface area contributed by atoms with E-state index in [9.17, 15) is 4.79 Å². The van der Waals surface area contributed by atoms with Gasteiger partial charge in [-0.25, -0.2) is 0 Å². The van der Waals surface area contributed by atoms with E-state index in [-0.39, 0.29) is 11.8 Å². The molecule has 1 aliphatic rings. The van der Waals surface area contributed by atoms with Crippen molar-refractivity contribution in [2.24, 2.45) is 23.5 Å². The Hall–Kier alpha value is -0.610. The lowest BCUT2D eigenvalue weighted by molar-refractivity contribution is -0.125. The number of nitrogens with two attached hydrogens (primary N) is 1. The van der Waals surface area contributed by atoms with Gasteiger partial charge in [0.15, 0.2) is 0 Å². The molecule has 18 heavy (non-hydrogen) atoms. The molecule has 1 rings (SSSR count). The Kier molecular flexibility index (Phi) is 7.28. The van der Waals surface area contributed by atoms with Crippen LogP contribution in [-0.4, -0.2) is 32.2 Å². The van der Waals surface area contributed by atoms with Crippen LogP contribution in [0.25, 0.3) is 0 Å². The van der Waals surface area contributed by atoms with E-state index < -0.39 is 0 Å². The van der Waals surface area contributed by atoms with Crippen LogP contribution in [0.3, 0.4) is 0 Å². The zero-order valence-electron chi connectivity index (χ0n) is 11.8. The second-order valence-corrected chi connectivity index (χ2v) is 5.73. The van der Waals surface area contributed by atoms with Crippen molar-refractivity contribution in [3.63, 3.8) is 0 Å². The van der Waals surface area contributed by atoms with Crippen LogP contribution in [0, 0.1) is 17.8 Å². The average Bonchev–Trinajstić information content (AvgIpc) is 3.13. The van der Waals surface area contributed by atoms with E-state index in [1.165, 1.54) is 12.8 Å². The third-order valence-electron chi connectivity index (χ3n) is 3.23. The molecule has 1 atom stereocenters. The van der Waals surface area contributed by atoms with E-state index in [4.69, 9.17) is 10.5 Å². The summed E-state index contributed by atoms with van der Waals surface area (Å²) >= 11 is 0. The topological polar surface area (TPSA) is 64.4 Å². The van der Waals surface area contributed by atoms with E-state index in [0.29, 0.717) is 19.0 Å². The monoisotopic (exact) mass is 256 g/mol. The van der Waals surface area contributed by atoms with Gasteiger partial charge < -0.3 is 15.8 Å². The van der Waals surface area contributed by atoms with Gasteiger partial charge in [-0.2, -0.15) is 0 Å². The molecule has 1 aliphatic carbocycles. The smallest absolute Gasteiger partial charge is 0.224 e. The Morgan fingerprint density at radius 1 is 1.44 bits per heavy atom. The maximum absolute atomic E-state index is 11.8. The lowest BCUT2D eigenvalue weighted by Crippen LogP contribution is -2.36. The molecule has 1 amide bonds. The fourth-order valence-electron chi connectivity index (χ4n) is 1.94. The van der Waals surface area contributed by atoms with Crippen LogP contribution in [-0.2, 0) is 9.53 Å². The third kappa shape index (κ3) is 6.97. The summed E-state index contributed by atoms with van der Waals surface area (Å²) in [5.74, 6) is 1.37. The molecule has 0 spiro atoms. The van der Waals surface area contributed by atoms with Crippen molar-refractivity contribution in [1.29, 1.82) is 0 Å². The summed E-state index contributed by atoms with van der Waals surface area (Å²) in [6.45, 7) is 6.99. The van der Waals surface area contributed by atoms with Gasteiger partial charge in [0.05, 0.1) is 5.92 Å². The van der Waals surface area contributed by atoms with Gasteiger partial charge in [0.1, 0.15) is 0 Å². The van der Waals surface area contributed by atoms with Gasteiger partial charge in [0, 0.05) is 26.3 Å². The van der Waals surface area contributed by atoms with Gasteiger partial charge in [0.25, 0.3) is 0 Å². The molecule has 0 heterocycles. The minimum Gasteiger partial charge on any atom is -0.381 e.